The zero-order chi connectivity index (χ0) is 9.42. The molecule has 0 saturated carbocycles. The minimum absolute atomic E-state index is 0.484. The molecule has 0 radical (unpaired) electrons. The van der Waals surface area contributed by atoms with Crippen LogP contribution in [0.5, 0.6) is 0 Å². The van der Waals surface area contributed by atoms with Crippen LogP contribution in [0.15, 0.2) is 18.2 Å². The number of aromatic nitrogens is 2. The van der Waals surface area contributed by atoms with E-state index >= 15 is 0 Å². The highest BCUT2D eigenvalue weighted by atomic mass is 35.5. The Labute approximate surface area is 81.6 Å². The number of fused-ring (bicyclic) bond motifs is 1. The highest BCUT2D eigenvalue weighted by Crippen LogP contribution is 2.18. The van der Waals surface area contributed by atoms with Gasteiger partial charge in [-0.3, -0.25) is 0 Å². The van der Waals surface area contributed by atoms with Crippen LogP contribution in [0.25, 0.3) is 11.0 Å². The summed E-state index contributed by atoms with van der Waals surface area (Å²) < 4.78 is 0. The fraction of sp³-hybridized carbons (Fsp3) is 0.200. The Balaban J connectivity index is 2.89. The molecule has 2 rings (SSSR count). The van der Waals surface area contributed by atoms with Crippen molar-refractivity contribution in [2.24, 2.45) is 0 Å². The monoisotopic (exact) mass is 192 g/mol. The maximum Gasteiger partial charge on any atom is 0.150 e. The van der Waals surface area contributed by atoms with E-state index in [2.05, 4.69) is 9.97 Å². The standard InChI is InChI=1S/C10H9ClN2/c1-6-4-3-5-8-9(6)12-7(2)10(11)13-8/h3-5H,1-2H3. The van der Waals surface area contributed by atoms with Crippen LogP contribution >= 0.6 is 11.6 Å². The zero-order valence-corrected chi connectivity index (χ0v) is 8.26. The molecule has 2 aromatic rings. The first-order valence-electron chi connectivity index (χ1n) is 4.08. The van der Waals surface area contributed by atoms with E-state index in [1.165, 1.54) is 0 Å². The molecule has 0 aliphatic carbocycles. The van der Waals surface area contributed by atoms with Crippen molar-refractivity contribution in [1.82, 2.24) is 9.97 Å². The van der Waals surface area contributed by atoms with Crippen LogP contribution in [-0.4, -0.2) is 9.97 Å². The first-order valence-corrected chi connectivity index (χ1v) is 4.46. The summed E-state index contributed by atoms with van der Waals surface area (Å²) >= 11 is 5.87. The average Bonchev–Trinajstić information content (AvgIpc) is 2.09. The van der Waals surface area contributed by atoms with Crippen molar-refractivity contribution in [3.05, 3.63) is 34.6 Å². The fourth-order valence-corrected chi connectivity index (χ4v) is 1.41. The first kappa shape index (κ1) is 8.45. The maximum absolute atomic E-state index is 5.87. The molecule has 13 heavy (non-hydrogen) atoms. The number of aryl methyl sites for hydroxylation is 2. The summed E-state index contributed by atoms with van der Waals surface area (Å²) in [4.78, 5) is 8.62. The van der Waals surface area contributed by atoms with Gasteiger partial charge in [-0.15, -0.1) is 0 Å². The van der Waals surface area contributed by atoms with Crippen LogP contribution < -0.4 is 0 Å². The van der Waals surface area contributed by atoms with Gasteiger partial charge in [-0.05, 0) is 25.5 Å². The highest BCUT2D eigenvalue weighted by molar-refractivity contribution is 6.30. The molecular weight excluding hydrogens is 184 g/mol. The Morgan fingerprint density at radius 1 is 1.15 bits per heavy atom. The molecular formula is C10H9ClN2. The number of para-hydroxylation sites is 1. The summed E-state index contributed by atoms with van der Waals surface area (Å²) in [6, 6.07) is 5.89. The molecule has 0 bridgehead atoms. The van der Waals surface area contributed by atoms with E-state index in [0.29, 0.717) is 5.15 Å². The molecule has 0 spiro atoms. The number of nitrogens with zero attached hydrogens (tertiary/aromatic N) is 2. The molecule has 0 saturated heterocycles. The van der Waals surface area contributed by atoms with Crippen molar-refractivity contribution in [3.8, 4) is 0 Å². The number of hydrogen-bond donors (Lipinski definition) is 0. The van der Waals surface area contributed by atoms with Crippen molar-refractivity contribution in [2.45, 2.75) is 13.8 Å². The quantitative estimate of drug-likeness (QED) is 0.642. The van der Waals surface area contributed by atoms with Crippen LogP contribution in [0.2, 0.25) is 5.15 Å². The van der Waals surface area contributed by atoms with Crippen LogP contribution in [0.1, 0.15) is 11.3 Å². The van der Waals surface area contributed by atoms with Crippen molar-refractivity contribution in [2.75, 3.05) is 0 Å². The number of benzene rings is 1. The second-order valence-electron chi connectivity index (χ2n) is 3.04. The molecule has 1 heterocycles. The van der Waals surface area contributed by atoms with Gasteiger partial charge in [0, 0.05) is 0 Å². The van der Waals surface area contributed by atoms with E-state index in [1.54, 1.807) is 0 Å². The summed E-state index contributed by atoms with van der Waals surface area (Å²) in [7, 11) is 0. The predicted molar refractivity (Wildman–Crippen MR) is 54.0 cm³/mol. The van der Waals surface area contributed by atoms with Crippen LogP contribution in [0.4, 0.5) is 0 Å². The third kappa shape index (κ3) is 1.38. The molecule has 0 aliphatic rings. The van der Waals surface area contributed by atoms with Gasteiger partial charge in [-0.1, -0.05) is 23.7 Å². The van der Waals surface area contributed by atoms with Gasteiger partial charge in [0.1, 0.15) is 0 Å². The molecule has 1 aromatic heterocycles. The lowest BCUT2D eigenvalue weighted by atomic mass is 10.2. The first-order chi connectivity index (χ1) is 6.18. The predicted octanol–water partition coefficient (Wildman–Crippen LogP) is 2.90. The third-order valence-electron chi connectivity index (χ3n) is 2.01. The summed E-state index contributed by atoms with van der Waals surface area (Å²) in [5.74, 6) is 0. The summed E-state index contributed by atoms with van der Waals surface area (Å²) in [5.41, 5.74) is 3.70. The molecule has 0 unspecified atom stereocenters. The Morgan fingerprint density at radius 3 is 2.69 bits per heavy atom. The van der Waals surface area contributed by atoms with E-state index < -0.39 is 0 Å². The van der Waals surface area contributed by atoms with Gasteiger partial charge in [0.05, 0.1) is 16.7 Å². The Morgan fingerprint density at radius 2 is 1.92 bits per heavy atom. The average molecular weight is 193 g/mol. The van der Waals surface area contributed by atoms with Gasteiger partial charge >= 0.3 is 0 Å². The van der Waals surface area contributed by atoms with Gasteiger partial charge in [-0.2, -0.15) is 0 Å². The van der Waals surface area contributed by atoms with E-state index in [9.17, 15) is 0 Å². The van der Waals surface area contributed by atoms with Crippen molar-refractivity contribution in [1.29, 1.82) is 0 Å². The van der Waals surface area contributed by atoms with Gasteiger partial charge in [0.2, 0.25) is 0 Å². The van der Waals surface area contributed by atoms with Gasteiger partial charge < -0.3 is 0 Å². The minimum Gasteiger partial charge on any atom is -0.248 e. The Hall–Kier alpha value is -1.15. The molecule has 66 valence electrons. The lowest BCUT2D eigenvalue weighted by Gasteiger charge is -2.02. The van der Waals surface area contributed by atoms with Gasteiger partial charge in [0.15, 0.2) is 5.15 Å². The van der Waals surface area contributed by atoms with Crippen LogP contribution in [0, 0.1) is 13.8 Å². The SMILES string of the molecule is Cc1nc2c(C)cccc2nc1Cl. The molecule has 2 nitrogen and oxygen atoms in total. The number of hydrogen-bond acceptors (Lipinski definition) is 2. The number of halogens is 1. The Bertz CT molecular complexity index is 466. The second-order valence-corrected chi connectivity index (χ2v) is 3.40. The fourth-order valence-electron chi connectivity index (χ4n) is 1.28. The summed E-state index contributed by atoms with van der Waals surface area (Å²) in [6.45, 7) is 3.88. The maximum atomic E-state index is 5.87. The van der Waals surface area contributed by atoms with Gasteiger partial charge in [-0.25, -0.2) is 9.97 Å². The normalized spacial score (nSPS) is 10.7. The Kier molecular flexibility index (Phi) is 1.93. The molecule has 0 atom stereocenters. The molecule has 0 N–H and O–H groups in total. The lowest BCUT2D eigenvalue weighted by molar-refractivity contribution is 1.17. The molecule has 0 aliphatic heterocycles. The van der Waals surface area contributed by atoms with Gasteiger partial charge in [0.25, 0.3) is 0 Å². The molecule has 3 heteroatoms. The number of rotatable bonds is 0. The summed E-state index contributed by atoms with van der Waals surface area (Å²) in [6.07, 6.45) is 0. The van der Waals surface area contributed by atoms with Crippen LogP contribution in [0.3, 0.4) is 0 Å². The molecule has 0 fully saturated rings. The van der Waals surface area contributed by atoms with Crippen molar-refractivity contribution in [3.63, 3.8) is 0 Å². The van der Waals surface area contributed by atoms with E-state index in [-0.39, 0.29) is 0 Å². The van der Waals surface area contributed by atoms with E-state index in [1.807, 2.05) is 32.0 Å². The topological polar surface area (TPSA) is 25.8 Å². The lowest BCUT2D eigenvalue weighted by Crippen LogP contribution is -1.91. The van der Waals surface area contributed by atoms with E-state index in [0.717, 1.165) is 22.3 Å². The van der Waals surface area contributed by atoms with E-state index in [4.69, 9.17) is 11.6 Å². The summed E-state index contributed by atoms with van der Waals surface area (Å²) in [5, 5.41) is 0.484. The third-order valence-corrected chi connectivity index (χ3v) is 2.37. The van der Waals surface area contributed by atoms with Crippen molar-refractivity contribution >= 4 is 22.6 Å². The highest BCUT2D eigenvalue weighted by Gasteiger charge is 2.03. The minimum atomic E-state index is 0.484. The van der Waals surface area contributed by atoms with Crippen LogP contribution in [-0.2, 0) is 0 Å². The molecule has 0 amide bonds. The smallest absolute Gasteiger partial charge is 0.150 e. The molecule has 1 aromatic carbocycles. The second kappa shape index (κ2) is 2.96. The largest absolute Gasteiger partial charge is 0.248 e. The zero-order valence-electron chi connectivity index (χ0n) is 7.50. The van der Waals surface area contributed by atoms with Crippen molar-refractivity contribution < 1.29 is 0 Å².